The van der Waals surface area contributed by atoms with Crippen LogP contribution in [0, 0.1) is 5.92 Å². The van der Waals surface area contributed by atoms with Crippen LogP contribution in [0.1, 0.15) is 32.1 Å². The molecule has 140 valence electrons. The van der Waals surface area contributed by atoms with E-state index in [2.05, 4.69) is 5.32 Å². The van der Waals surface area contributed by atoms with Gasteiger partial charge in [0.05, 0.1) is 18.9 Å². The van der Waals surface area contributed by atoms with Crippen molar-refractivity contribution in [2.45, 2.75) is 37.6 Å². The van der Waals surface area contributed by atoms with Crippen LogP contribution in [0.4, 0.5) is 0 Å². The Morgan fingerprint density at radius 2 is 1.96 bits per heavy atom. The van der Waals surface area contributed by atoms with E-state index >= 15 is 0 Å². The average Bonchev–Trinajstić information content (AvgIpc) is 3.43. The number of amides is 2. The summed E-state index contributed by atoms with van der Waals surface area (Å²) in [6.07, 6.45) is 2.61. The number of carboxylic acids is 1. The molecule has 2 N–H and O–H groups in total. The molecule has 0 radical (unpaired) electrons. The fourth-order valence-electron chi connectivity index (χ4n) is 3.20. The highest BCUT2D eigenvalue weighted by Crippen LogP contribution is 2.36. The first kappa shape index (κ1) is 18.2. The third-order valence-corrected chi connectivity index (χ3v) is 4.99. The lowest BCUT2D eigenvalue weighted by Crippen LogP contribution is -2.50. The van der Waals surface area contributed by atoms with Crippen LogP contribution in [0.5, 0.6) is 5.75 Å². The summed E-state index contributed by atoms with van der Waals surface area (Å²) in [4.78, 5) is 37.7. The number of rotatable bonds is 7. The molecule has 2 aliphatic rings. The summed E-state index contributed by atoms with van der Waals surface area (Å²) in [6, 6.07) is 9.31. The fourth-order valence-corrected chi connectivity index (χ4v) is 3.20. The second kappa shape index (κ2) is 7.76. The second-order valence-electron chi connectivity index (χ2n) is 6.97. The maximum Gasteiger partial charge on any atom is 0.329 e. The highest BCUT2D eigenvalue weighted by molar-refractivity contribution is 5.90. The molecular weight excluding hydrogens is 336 g/mol. The molecule has 1 aliphatic carbocycles. The van der Waals surface area contributed by atoms with Crippen LogP contribution in [0.15, 0.2) is 30.3 Å². The highest BCUT2D eigenvalue weighted by atomic mass is 16.5. The number of carbonyl (C=O) groups is 3. The van der Waals surface area contributed by atoms with Crippen molar-refractivity contribution < 1.29 is 24.2 Å². The van der Waals surface area contributed by atoms with Crippen LogP contribution in [0.3, 0.4) is 0 Å². The Hall–Kier alpha value is -2.57. The van der Waals surface area contributed by atoms with Crippen molar-refractivity contribution >= 4 is 17.8 Å². The molecular formula is C19H24N2O5. The van der Waals surface area contributed by atoms with Gasteiger partial charge in [-0.2, -0.15) is 0 Å². The lowest BCUT2D eigenvalue weighted by Gasteiger charge is -2.32. The van der Waals surface area contributed by atoms with Gasteiger partial charge in [-0.15, -0.1) is 0 Å². The van der Waals surface area contributed by atoms with Gasteiger partial charge in [0, 0.05) is 13.1 Å². The minimum Gasteiger partial charge on any atom is -0.493 e. The Kier molecular flexibility index (Phi) is 5.44. The number of likely N-dealkylation sites (tertiary alicyclic amines) is 1. The molecule has 2 amide bonds. The summed E-state index contributed by atoms with van der Waals surface area (Å²) >= 11 is 0. The number of piperidine rings is 1. The Morgan fingerprint density at radius 1 is 1.23 bits per heavy atom. The molecule has 7 heteroatoms. The molecule has 1 aromatic rings. The first-order valence-electron chi connectivity index (χ1n) is 9.01. The molecule has 1 heterocycles. The van der Waals surface area contributed by atoms with Crippen LogP contribution in [0.2, 0.25) is 0 Å². The van der Waals surface area contributed by atoms with Gasteiger partial charge in [-0.1, -0.05) is 18.2 Å². The van der Waals surface area contributed by atoms with E-state index in [1.165, 1.54) is 0 Å². The van der Waals surface area contributed by atoms with E-state index in [4.69, 9.17) is 4.74 Å². The third-order valence-electron chi connectivity index (χ3n) is 4.99. The molecule has 1 aromatic carbocycles. The molecule has 1 saturated heterocycles. The van der Waals surface area contributed by atoms with Crippen molar-refractivity contribution in [1.29, 1.82) is 0 Å². The molecule has 1 atom stereocenters. The number of ether oxygens (including phenoxy) is 1. The van der Waals surface area contributed by atoms with Crippen LogP contribution in [-0.2, 0) is 14.4 Å². The Balaban J connectivity index is 1.46. The predicted molar refractivity (Wildman–Crippen MR) is 93.6 cm³/mol. The number of carboxylic acid groups (broad SMARTS) is 1. The number of benzene rings is 1. The molecule has 3 rings (SSSR count). The normalized spacial score (nSPS) is 20.9. The van der Waals surface area contributed by atoms with Crippen molar-refractivity contribution in [3.8, 4) is 5.75 Å². The van der Waals surface area contributed by atoms with E-state index in [1.807, 2.05) is 30.3 Å². The van der Waals surface area contributed by atoms with E-state index in [1.54, 1.807) is 4.90 Å². The van der Waals surface area contributed by atoms with Gasteiger partial charge in [-0.05, 0) is 37.8 Å². The van der Waals surface area contributed by atoms with Crippen molar-refractivity contribution in [2.24, 2.45) is 5.92 Å². The molecule has 1 saturated carbocycles. The molecule has 0 spiro atoms. The highest BCUT2D eigenvalue weighted by Gasteiger charge is 2.52. The number of nitrogens with one attached hydrogen (secondary N) is 1. The summed E-state index contributed by atoms with van der Waals surface area (Å²) in [5.74, 6) is -0.910. The minimum absolute atomic E-state index is 0.0437. The van der Waals surface area contributed by atoms with Crippen molar-refractivity contribution in [1.82, 2.24) is 10.2 Å². The summed E-state index contributed by atoms with van der Waals surface area (Å²) in [7, 11) is 0. The van der Waals surface area contributed by atoms with Gasteiger partial charge in [-0.25, -0.2) is 4.79 Å². The number of nitrogens with zero attached hydrogens (tertiary/aromatic N) is 1. The second-order valence-corrected chi connectivity index (χ2v) is 6.97. The van der Waals surface area contributed by atoms with Crippen LogP contribution >= 0.6 is 0 Å². The number of carbonyl (C=O) groups excluding carboxylic acids is 2. The first-order valence-corrected chi connectivity index (χ1v) is 9.01. The lowest BCUT2D eigenvalue weighted by molar-refractivity contribution is -0.145. The zero-order chi connectivity index (χ0) is 18.6. The predicted octanol–water partition coefficient (Wildman–Crippen LogP) is 1.43. The maximum absolute atomic E-state index is 12.4. The standard InChI is InChI=1S/C19H24N2O5/c22-16(8-12-26-15-6-2-1-3-7-15)21-11-4-5-14(13-21)17(23)20-19(9-10-19)18(24)25/h1-3,6-7,14H,4-5,8-13H2,(H,20,23)(H,24,25). The van der Waals surface area contributed by atoms with Crippen LogP contribution < -0.4 is 10.1 Å². The fraction of sp³-hybridized carbons (Fsp3) is 0.526. The maximum atomic E-state index is 12.4. The van der Waals surface area contributed by atoms with Crippen LogP contribution in [0.25, 0.3) is 0 Å². The quantitative estimate of drug-likeness (QED) is 0.767. The Labute approximate surface area is 152 Å². The summed E-state index contributed by atoms with van der Waals surface area (Å²) in [5, 5.41) is 11.8. The van der Waals surface area contributed by atoms with E-state index in [0.29, 0.717) is 39.0 Å². The SMILES string of the molecule is O=C(NC1(C(=O)O)CC1)C1CCCN(C(=O)CCOc2ccccc2)C1. The number of para-hydroxylation sites is 1. The van der Waals surface area contributed by atoms with Gasteiger partial charge >= 0.3 is 5.97 Å². The number of hydrogen-bond acceptors (Lipinski definition) is 4. The largest absolute Gasteiger partial charge is 0.493 e. The molecule has 7 nitrogen and oxygen atoms in total. The van der Waals surface area contributed by atoms with Gasteiger partial charge in [0.2, 0.25) is 11.8 Å². The van der Waals surface area contributed by atoms with E-state index in [9.17, 15) is 19.5 Å². The van der Waals surface area contributed by atoms with Gasteiger partial charge in [0.25, 0.3) is 0 Å². The van der Waals surface area contributed by atoms with Crippen molar-refractivity contribution in [3.05, 3.63) is 30.3 Å². The minimum atomic E-state index is -1.08. The summed E-state index contributed by atoms with van der Waals surface area (Å²) < 4.78 is 5.55. The third kappa shape index (κ3) is 4.33. The number of hydrogen-bond donors (Lipinski definition) is 2. The molecule has 26 heavy (non-hydrogen) atoms. The topological polar surface area (TPSA) is 95.9 Å². The average molecular weight is 360 g/mol. The Bertz CT molecular complexity index is 672. The molecule has 1 aliphatic heterocycles. The zero-order valence-corrected chi connectivity index (χ0v) is 14.6. The van der Waals surface area contributed by atoms with E-state index in [-0.39, 0.29) is 24.2 Å². The number of aliphatic carboxylic acids is 1. The van der Waals surface area contributed by atoms with Crippen molar-refractivity contribution in [3.63, 3.8) is 0 Å². The summed E-state index contributed by atoms with van der Waals surface area (Å²) in [5.41, 5.74) is -1.08. The smallest absolute Gasteiger partial charge is 0.329 e. The molecule has 1 unspecified atom stereocenters. The monoisotopic (exact) mass is 360 g/mol. The molecule has 0 bridgehead atoms. The zero-order valence-electron chi connectivity index (χ0n) is 14.6. The lowest BCUT2D eigenvalue weighted by atomic mass is 9.96. The molecule has 0 aromatic heterocycles. The van der Waals surface area contributed by atoms with E-state index in [0.717, 1.165) is 12.2 Å². The van der Waals surface area contributed by atoms with Gasteiger partial charge < -0.3 is 20.1 Å². The van der Waals surface area contributed by atoms with Crippen molar-refractivity contribution in [2.75, 3.05) is 19.7 Å². The van der Waals surface area contributed by atoms with E-state index < -0.39 is 11.5 Å². The van der Waals surface area contributed by atoms with Gasteiger partial charge in [-0.3, -0.25) is 9.59 Å². The van der Waals surface area contributed by atoms with Gasteiger partial charge in [0.1, 0.15) is 11.3 Å². The van der Waals surface area contributed by atoms with Gasteiger partial charge in [0.15, 0.2) is 0 Å². The van der Waals surface area contributed by atoms with Crippen LogP contribution in [-0.4, -0.2) is 53.0 Å². The molecule has 2 fully saturated rings. The first-order chi connectivity index (χ1) is 12.5. The summed E-state index contributed by atoms with van der Waals surface area (Å²) in [6.45, 7) is 1.25. The Morgan fingerprint density at radius 3 is 2.62 bits per heavy atom.